The van der Waals surface area contributed by atoms with Crippen LogP contribution in [-0.4, -0.2) is 173 Å². The van der Waals surface area contributed by atoms with E-state index in [0.29, 0.717) is 0 Å². The molecule has 16 nitrogen and oxygen atoms in total. The summed E-state index contributed by atoms with van der Waals surface area (Å²) < 4.78 is 33.4. The highest BCUT2D eigenvalue weighted by atomic mass is 28.3. The van der Waals surface area contributed by atoms with Gasteiger partial charge in [0.2, 0.25) is 0 Å². The van der Waals surface area contributed by atoms with Gasteiger partial charge in [0.1, 0.15) is 67.1 Å². The van der Waals surface area contributed by atoms with Gasteiger partial charge in [0.25, 0.3) is 0 Å². The first-order valence-corrected chi connectivity index (χ1v) is 17.0. The third-order valence-corrected chi connectivity index (χ3v) is 9.00. The van der Waals surface area contributed by atoms with Crippen LogP contribution in [-0.2, 0) is 28.4 Å². The first kappa shape index (κ1) is 34.1. The summed E-state index contributed by atoms with van der Waals surface area (Å²) in [5.41, 5.74) is 5.73. The van der Waals surface area contributed by atoms with Gasteiger partial charge in [0.05, 0.1) is 25.9 Å². The van der Waals surface area contributed by atoms with E-state index in [4.69, 9.17) is 34.2 Å². The first-order valence-electron chi connectivity index (χ1n) is 13.3. The van der Waals surface area contributed by atoms with E-state index in [1.165, 1.54) is 0 Å². The van der Waals surface area contributed by atoms with Crippen LogP contribution in [0.3, 0.4) is 0 Å². The fourth-order valence-corrected chi connectivity index (χ4v) is 5.44. The topological polar surface area (TPSA) is 263 Å². The van der Waals surface area contributed by atoms with Crippen LogP contribution in [0.5, 0.6) is 0 Å². The second-order valence-electron chi connectivity index (χ2n) is 11.6. The Morgan fingerprint density at radius 2 is 1.00 bits per heavy atom. The molecule has 0 aromatic rings. The van der Waals surface area contributed by atoms with Crippen LogP contribution < -0.4 is 5.73 Å². The predicted molar refractivity (Wildman–Crippen MR) is 135 cm³/mol. The highest BCUT2D eigenvalue weighted by Crippen LogP contribution is 2.32. The van der Waals surface area contributed by atoms with Gasteiger partial charge in [0, 0.05) is 14.7 Å². The molecule has 40 heavy (non-hydrogen) atoms. The highest BCUT2D eigenvalue weighted by Gasteiger charge is 2.53. The van der Waals surface area contributed by atoms with E-state index in [0.717, 1.165) is 6.04 Å². The van der Waals surface area contributed by atoms with Crippen molar-refractivity contribution in [3.63, 3.8) is 0 Å². The zero-order chi connectivity index (χ0) is 29.9. The average Bonchev–Trinajstić information content (AvgIpc) is 2.91. The van der Waals surface area contributed by atoms with Crippen molar-refractivity contribution < 1.29 is 74.4 Å². The molecule has 0 radical (unpaired) electrons. The standard InChI is InChI=1S/C23H45NO15Si/c1-40(2,3)5-4-34-21-17(32)14(29)19(10(7-26)36-21)39-23-18(33)15(30)20(11(8-27)37-23)38-22-16(31)13(28)12(24)9(6-25)35-22/h9-23,25-33H,4-8,24H2,1-3H3/t9-,10-,11-,12+,13+,14-,15-,16-,17-,18-,19-,20+,21-,22-,23+/m1/s1. The molecule has 0 saturated carbocycles. The SMILES string of the molecule is C[Si](C)(C)CCO[C@@H]1O[C@H](CO)[C@@H](O[C@@H]2O[C@H](CO)[C@H](O[C@H]3O[C@H](CO)[C@H](N)[C@H](O)[C@H]3O)[C@H](O)[C@H]2O)[C@H](O)[C@H]1O. The van der Waals surface area contributed by atoms with Crippen LogP contribution in [0.25, 0.3) is 0 Å². The molecule has 3 aliphatic heterocycles. The Hall–Kier alpha value is -0.423. The van der Waals surface area contributed by atoms with Crippen LogP contribution in [0.1, 0.15) is 0 Å². The molecule has 17 heteroatoms. The highest BCUT2D eigenvalue weighted by molar-refractivity contribution is 6.76. The van der Waals surface area contributed by atoms with Gasteiger partial charge in [-0.2, -0.15) is 0 Å². The summed E-state index contributed by atoms with van der Waals surface area (Å²) in [6.45, 7) is 4.64. The Labute approximate surface area is 232 Å². The lowest BCUT2D eigenvalue weighted by Gasteiger charge is -2.48. The van der Waals surface area contributed by atoms with E-state index >= 15 is 0 Å². The fourth-order valence-electron chi connectivity index (χ4n) is 4.71. The molecule has 0 aromatic carbocycles. The lowest BCUT2D eigenvalue weighted by Crippen LogP contribution is -2.67. The summed E-state index contributed by atoms with van der Waals surface area (Å²) in [7, 11) is -1.46. The molecule has 11 N–H and O–H groups in total. The monoisotopic (exact) mass is 603 g/mol. The summed E-state index contributed by atoms with van der Waals surface area (Å²) in [6.07, 6.45) is -21.4. The molecule has 3 heterocycles. The molecule has 3 aliphatic rings. The number of hydrogen-bond donors (Lipinski definition) is 10. The zero-order valence-corrected chi connectivity index (χ0v) is 23.7. The van der Waals surface area contributed by atoms with Crippen molar-refractivity contribution >= 4 is 8.07 Å². The molecule has 3 rings (SSSR count). The smallest absolute Gasteiger partial charge is 0.187 e. The van der Waals surface area contributed by atoms with Crippen molar-refractivity contribution in [3.8, 4) is 0 Å². The number of rotatable bonds is 11. The van der Waals surface area contributed by atoms with Crippen LogP contribution in [0.4, 0.5) is 0 Å². The Morgan fingerprint density at radius 1 is 0.600 bits per heavy atom. The lowest BCUT2D eigenvalue weighted by molar-refractivity contribution is -0.376. The Morgan fingerprint density at radius 3 is 1.45 bits per heavy atom. The molecule has 0 amide bonds. The third kappa shape index (κ3) is 7.74. The quantitative estimate of drug-likeness (QED) is 0.0989. The lowest BCUT2D eigenvalue weighted by atomic mass is 9.95. The zero-order valence-electron chi connectivity index (χ0n) is 22.7. The van der Waals surface area contributed by atoms with Crippen molar-refractivity contribution in [3.05, 3.63) is 0 Å². The van der Waals surface area contributed by atoms with Crippen molar-refractivity contribution in [2.75, 3.05) is 26.4 Å². The molecule has 3 fully saturated rings. The minimum Gasteiger partial charge on any atom is -0.394 e. The fraction of sp³-hybridized carbons (Fsp3) is 1.00. The van der Waals surface area contributed by atoms with Gasteiger partial charge in [-0.3, -0.25) is 0 Å². The maximum Gasteiger partial charge on any atom is 0.187 e. The summed E-state index contributed by atoms with van der Waals surface area (Å²) in [4.78, 5) is 0. The van der Waals surface area contributed by atoms with Crippen LogP contribution in [0.15, 0.2) is 0 Å². The third-order valence-electron chi connectivity index (χ3n) is 7.30. The van der Waals surface area contributed by atoms with Gasteiger partial charge >= 0.3 is 0 Å². The molecular weight excluding hydrogens is 558 g/mol. The Balaban J connectivity index is 1.67. The van der Waals surface area contributed by atoms with Gasteiger partial charge in [-0.1, -0.05) is 19.6 Å². The van der Waals surface area contributed by atoms with Crippen molar-refractivity contribution in [1.82, 2.24) is 0 Å². The van der Waals surface area contributed by atoms with E-state index in [-0.39, 0.29) is 6.61 Å². The van der Waals surface area contributed by atoms with Gasteiger partial charge in [-0.15, -0.1) is 0 Å². The second kappa shape index (κ2) is 14.4. The molecule has 0 aromatic heterocycles. The van der Waals surface area contributed by atoms with Crippen molar-refractivity contribution in [2.24, 2.45) is 5.73 Å². The largest absolute Gasteiger partial charge is 0.394 e. The van der Waals surface area contributed by atoms with Gasteiger partial charge in [0.15, 0.2) is 18.9 Å². The van der Waals surface area contributed by atoms with E-state index < -0.39 is 120 Å². The van der Waals surface area contributed by atoms with Crippen molar-refractivity contribution in [1.29, 1.82) is 0 Å². The van der Waals surface area contributed by atoms with E-state index in [1.54, 1.807) is 0 Å². The molecule has 3 saturated heterocycles. The normalized spacial score (nSPS) is 46.9. The van der Waals surface area contributed by atoms with Crippen LogP contribution >= 0.6 is 0 Å². The number of nitrogens with two attached hydrogens (primary N) is 1. The molecular formula is C23H45NO15Si. The van der Waals surface area contributed by atoms with E-state index in [1.807, 2.05) is 0 Å². The molecule has 0 spiro atoms. The second-order valence-corrected chi connectivity index (χ2v) is 17.2. The minimum absolute atomic E-state index is 0.269. The summed E-state index contributed by atoms with van der Waals surface area (Å²) in [6, 6.07) is -0.366. The Kier molecular flexibility index (Phi) is 12.2. The number of hydrogen-bond acceptors (Lipinski definition) is 16. The average molecular weight is 604 g/mol. The summed E-state index contributed by atoms with van der Waals surface area (Å²) in [5, 5.41) is 92.6. The molecule has 0 bridgehead atoms. The predicted octanol–water partition coefficient (Wildman–Crippen LogP) is -5.24. The number of aliphatic hydroxyl groups is 9. The van der Waals surface area contributed by atoms with Gasteiger partial charge in [-0.05, 0) is 6.04 Å². The van der Waals surface area contributed by atoms with E-state index in [9.17, 15) is 46.0 Å². The first-order chi connectivity index (χ1) is 18.7. The minimum atomic E-state index is -1.86. The number of aliphatic hydroxyl groups excluding tert-OH is 9. The summed E-state index contributed by atoms with van der Waals surface area (Å²) in [5.74, 6) is 0. The van der Waals surface area contributed by atoms with Gasteiger partial charge < -0.3 is 80.1 Å². The van der Waals surface area contributed by atoms with E-state index in [2.05, 4.69) is 19.6 Å². The number of ether oxygens (including phenoxy) is 6. The van der Waals surface area contributed by atoms with Crippen LogP contribution in [0.2, 0.25) is 25.7 Å². The maximum absolute atomic E-state index is 10.8. The van der Waals surface area contributed by atoms with Gasteiger partial charge in [-0.25, -0.2) is 0 Å². The maximum atomic E-state index is 10.8. The molecule has 236 valence electrons. The molecule has 0 unspecified atom stereocenters. The molecule has 15 atom stereocenters. The Bertz CT molecular complexity index is 773. The van der Waals surface area contributed by atoms with Crippen LogP contribution in [0, 0.1) is 0 Å². The molecule has 0 aliphatic carbocycles. The summed E-state index contributed by atoms with van der Waals surface area (Å²) >= 11 is 0. The van der Waals surface area contributed by atoms with Crippen molar-refractivity contribution in [2.45, 2.75) is 118 Å².